The molecule has 7 nitrogen and oxygen atoms in total. The molecule has 0 saturated carbocycles. The van der Waals surface area contributed by atoms with Gasteiger partial charge in [0.15, 0.2) is 5.82 Å². The van der Waals surface area contributed by atoms with Crippen molar-refractivity contribution in [2.45, 2.75) is 45.1 Å². The number of likely N-dealkylation sites (tertiary alicyclic amines) is 1. The van der Waals surface area contributed by atoms with Crippen LogP contribution in [0.2, 0.25) is 0 Å². The van der Waals surface area contributed by atoms with Crippen molar-refractivity contribution >= 4 is 5.91 Å². The largest absolute Gasteiger partial charge is 0.338 e. The maximum atomic E-state index is 13.3. The van der Waals surface area contributed by atoms with Crippen LogP contribution in [0.4, 0.5) is 0 Å². The SMILES string of the molecule is CCCCn1ccnc1C1CCCN(C(=O)c2ccccc2-c2ncn[nH]2)C1. The molecule has 1 fully saturated rings. The molecule has 7 heteroatoms. The number of imidazole rings is 1. The van der Waals surface area contributed by atoms with Gasteiger partial charge in [-0.25, -0.2) is 9.97 Å². The molecule has 0 bridgehead atoms. The number of H-pyrrole nitrogens is 1. The Bertz CT molecular complexity index is 917. The van der Waals surface area contributed by atoms with Gasteiger partial charge < -0.3 is 9.47 Å². The second kappa shape index (κ2) is 8.37. The zero-order chi connectivity index (χ0) is 19.3. The van der Waals surface area contributed by atoms with E-state index in [-0.39, 0.29) is 11.8 Å². The second-order valence-corrected chi connectivity index (χ2v) is 7.30. The van der Waals surface area contributed by atoms with Gasteiger partial charge in [-0.05, 0) is 25.3 Å². The predicted molar refractivity (Wildman–Crippen MR) is 107 cm³/mol. The first kappa shape index (κ1) is 18.4. The fourth-order valence-corrected chi connectivity index (χ4v) is 3.95. The Balaban J connectivity index is 1.55. The van der Waals surface area contributed by atoms with E-state index in [1.165, 1.54) is 6.33 Å². The van der Waals surface area contributed by atoms with Crippen LogP contribution in [-0.2, 0) is 6.54 Å². The van der Waals surface area contributed by atoms with Crippen LogP contribution in [0.15, 0.2) is 43.0 Å². The summed E-state index contributed by atoms with van der Waals surface area (Å²) in [6.07, 6.45) is 9.76. The molecule has 1 aromatic carbocycles. The summed E-state index contributed by atoms with van der Waals surface area (Å²) >= 11 is 0. The maximum absolute atomic E-state index is 13.3. The number of unbranched alkanes of at least 4 members (excludes halogenated alkanes) is 1. The third-order valence-electron chi connectivity index (χ3n) is 5.40. The first-order valence-electron chi connectivity index (χ1n) is 10.0. The number of aryl methyl sites for hydroxylation is 1. The summed E-state index contributed by atoms with van der Waals surface area (Å²) in [6.45, 7) is 4.66. The van der Waals surface area contributed by atoms with Crippen LogP contribution in [0.25, 0.3) is 11.4 Å². The smallest absolute Gasteiger partial charge is 0.254 e. The van der Waals surface area contributed by atoms with Crippen molar-refractivity contribution < 1.29 is 4.79 Å². The molecule has 1 saturated heterocycles. The second-order valence-electron chi connectivity index (χ2n) is 7.30. The lowest BCUT2D eigenvalue weighted by Gasteiger charge is -2.33. The molecule has 28 heavy (non-hydrogen) atoms. The molecular formula is C21H26N6O. The molecule has 4 rings (SSSR count). The number of rotatable bonds is 6. The molecule has 1 amide bonds. The van der Waals surface area contributed by atoms with Gasteiger partial charge in [0, 0.05) is 43.5 Å². The molecule has 0 spiro atoms. The van der Waals surface area contributed by atoms with Crippen molar-refractivity contribution in [3.63, 3.8) is 0 Å². The van der Waals surface area contributed by atoms with Gasteiger partial charge in [-0.2, -0.15) is 5.10 Å². The van der Waals surface area contributed by atoms with Gasteiger partial charge in [0.25, 0.3) is 5.91 Å². The predicted octanol–water partition coefficient (Wildman–Crippen LogP) is 3.49. The number of benzene rings is 1. The summed E-state index contributed by atoms with van der Waals surface area (Å²) in [5.74, 6) is 2.05. The highest BCUT2D eigenvalue weighted by atomic mass is 16.2. The third-order valence-corrected chi connectivity index (χ3v) is 5.40. The van der Waals surface area contributed by atoms with Crippen LogP contribution in [0.5, 0.6) is 0 Å². The average Bonchev–Trinajstić information content (AvgIpc) is 3.44. The zero-order valence-electron chi connectivity index (χ0n) is 16.2. The lowest BCUT2D eigenvalue weighted by atomic mass is 9.95. The normalized spacial score (nSPS) is 17.0. The summed E-state index contributed by atoms with van der Waals surface area (Å²) in [5, 5.41) is 6.78. The number of amides is 1. The molecule has 2 aromatic heterocycles. The highest BCUT2D eigenvalue weighted by Gasteiger charge is 2.29. The van der Waals surface area contributed by atoms with Crippen molar-refractivity contribution in [1.82, 2.24) is 29.6 Å². The Hall–Kier alpha value is -2.96. The number of nitrogens with one attached hydrogen (secondary N) is 1. The van der Waals surface area contributed by atoms with Crippen molar-refractivity contribution in [2.24, 2.45) is 0 Å². The summed E-state index contributed by atoms with van der Waals surface area (Å²) in [7, 11) is 0. The first-order chi connectivity index (χ1) is 13.8. The topological polar surface area (TPSA) is 79.7 Å². The van der Waals surface area contributed by atoms with E-state index in [0.717, 1.165) is 50.2 Å². The van der Waals surface area contributed by atoms with E-state index in [2.05, 4.69) is 37.9 Å². The number of hydrogen-bond acceptors (Lipinski definition) is 4. The molecule has 1 N–H and O–H groups in total. The number of carbonyl (C=O) groups excluding carboxylic acids is 1. The quantitative estimate of drug-likeness (QED) is 0.712. The van der Waals surface area contributed by atoms with E-state index in [9.17, 15) is 4.79 Å². The standard InChI is InChI=1S/C21H26N6O/c1-2-3-11-26-13-10-22-20(26)16-7-6-12-27(14-16)21(28)18-9-5-4-8-17(18)19-23-15-24-25-19/h4-5,8-10,13,15-16H,2-3,6-7,11-12,14H2,1H3,(H,23,24,25). The van der Waals surface area contributed by atoms with Gasteiger partial charge in [0.1, 0.15) is 12.2 Å². The van der Waals surface area contributed by atoms with E-state index < -0.39 is 0 Å². The molecule has 146 valence electrons. The number of aromatic nitrogens is 5. The monoisotopic (exact) mass is 378 g/mol. The molecule has 1 atom stereocenters. The van der Waals surface area contributed by atoms with Crippen molar-refractivity contribution in [2.75, 3.05) is 13.1 Å². The molecule has 0 aliphatic carbocycles. The molecule has 1 aliphatic rings. The fraction of sp³-hybridized carbons (Fsp3) is 0.429. The van der Waals surface area contributed by atoms with E-state index >= 15 is 0 Å². The Labute approximate surface area is 164 Å². The molecule has 1 aliphatic heterocycles. The first-order valence-corrected chi connectivity index (χ1v) is 10.0. The number of nitrogens with zero attached hydrogens (tertiary/aromatic N) is 5. The van der Waals surface area contributed by atoms with Crippen LogP contribution < -0.4 is 0 Å². The molecule has 3 heterocycles. The van der Waals surface area contributed by atoms with Gasteiger partial charge >= 0.3 is 0 Å². The summed E-state index contributed by atoms with van der Waals surface area (Å²) < 4.78 is 2.25. The van der Waals surface area contributed by atoms with Gasteiger partial charge in [0.2, 0.25) is 0 Å². The lowest BCUT2D eigenvalue weighted by Crippen LogP contribution is -2.40. The summed E-state index contributed by atoms with van der Waals surface area (Å²) in [5.41, 5.74) is 1.45. The van der Waals surface area contributed by atoms with Crippen LogP contribution in [0.3, 0.4) is 0 Å². The number of piperidine rings is 1. The lowest BCUT2D eigenvalue weighted by molar-refractivity contribution is 0.0704. The minimum atomic E-state index is 0.0448. The number of carbonyl (C=O) groups is 1. The fourth-order valence-electron chi connectivity index (χ4n) is 3.95. The van der Waals surface area contributed by atoms with Crippen molar-refractivity contribution in [1.29, 1.82) is 0 Å². The van der Waals surface area contributed by atoms with Crippen LogP contribution in [0, 0.1) is 0 Å². The van der Waals surface area contributed by atoms with E-state index in [4.69, 9.17) is 0 Å². The van der Waals surface area contributed by atoms with Crippen molar-refractivity contribution in [3.8, 4) is 11.4 Å². The van der Waals surface area contributed by atoms with Crippen molar-refractivity contribution in [3.05, 3.63) is 54.4 Å². The highest BCUT2D eigenvalue weighted by Crippen LogP contribution is 2.29. The zero-order valence-corrected chi connectivity index (χ0v) is 16.2. The minimum Gasteiger partial charge on any atom is -0.338 e. The average molecular weight is 378 g/mol. The molecular weight excluding hydrogens is 352 g/mol. The number of hydrogen-bond donors (Lipinski definition) is 1. The van der Waals surface area contributed by atoms with Gasteiger partial charge in [-0.1, -0.05) is 31.5 Å². The molecule has 1 unspecified atom stereocenters. The summed E-state index contributed by atoms with van der Waals surface area (Å²) in [6, 6.07) is 7.59. The number of aromatic amines is 1. The van der Waals surface area contributed by atoms with Gasteiger partial charge in [0.05, 0.1) is 5.56 Å². The Morgan fingerprint density at radius 1 is 1.29 bits per heavy atom. The molecule has 3 aromatic rings. The Morgan fingerprint density at radius 2 is 2.18 bits per heavy atom. The highest BCUT2D eigenvalue weighted by molar-refractivity contribution is 6.00. The van der Waals surface area contributed by atoms with Crippen LogP contribution in [0.1, 0.15) is 54.7 Å². The Morgan fingerprint density at radius 3 is 3.00 bits per heavy atom. The van der Waals surface area contributed by atoms with E-state index in [0.29, 0.717) is 17.9 Å². The third kappa shape index (κ3) is 3.69. The van der Waals surface area contributed by atoms with E-state index in [1.54, 1.807) is 0 Å². The van der Waals surface area contributed by atoms with Gasteiger partial charge in [-0.3, -0.25) is 9.89 Å². The maximum Gasteiger partial charge on any atom is 0.254 e. The Kier molecular flexibility index (Phi) is 5.50. The minimum absolute atomic E-state index is 0.0448. The summed E-state index contributed by atoms with van der Waals surface area (Å²) in [4.78, 5) is 24.1. The van der Waals surface area contributed by atoms with Crippen LogP contribution in [-0.4, -0.2) is 48.6 Å². The van der Waals surface area contributed by atoms with Crippen LogP contribution >= 0.6 is 0 Å². The van der Waals surface area contributed by atoms with Gasteiger partial charge in [-0.15, -0.1) is 0 Å². The van der Waals surface area contributed by atoms with E-state index in [1.807, 2.05) is 35.4 Å². The molecule has 0 radical (unpaired) electrons.